The van der Waals surface area contributed by atoms with E-state index in [4.69, 9.17) is 22.1 Å². The zero-order valence-electron chi connectivity index (χ0n) is 9.34. The Hall–Kier alpha value is -2.37. The molecule has 0 aliphatic carbocycles. The van der Waals surface area contributed by atoms with E-state index in [1.54, 1.807) is 4.90 Å². The first-order chi connectivity index (χ1) is 8.76. The highest BCUT2D eigenvalue weighted by Crippen LogP contribution is 2.24. The summed E-state index contributed by atoms with van der Waals surface area (Å²) in [5, 5.41) is 18.4. The number of fused-ring (bicyclic) bond motifs is 1. The molecule has 0 aliphatic rings. The van der Waals surface area contributed by atoms with Crippen molar-refractivity contribution in [1.82, 2.24) is 9.97 Å². The first-order valence-corrected chi connectivity index (χ1v) is 5.55. The van der Waals surface area contributed by atoms with Crippen molar-refractivity contribution >= 4 is 28.3 Å². The Bertz CT molecular complexity index is 640. The second-order valence-electron chi connectivity index (χ2n) is 3.51. The SMILES string of the molecule is N#CCN(CC#N)c1nc(Cl)nc2ccccc12. The lowest BCUT2D eigenvalue weighted by Gasteiger charge is -2.18. The Kier molecular flexibility index (Phi) is 3.57. The highest BCUT2D eigenvalue weighted by molar-refractivity contribution is 6.28. The van der Waals surface area contributed by atoms with E-state index in [2.05, 4.69) is 9.97 Å². The lowest BCUT2D eigenvalue weighted by Crippen LogP contribution is -2.25. The van der Waals surface area contributed by atoms with E-state index >= 15 is 0 Å². The van der Waals surface area contributed by atoms with E-state index in [1.165, 1.54) is 0 Å². The van der Waals surface area contributed by atoms with Crippen LogP contribution in [0.25, 0.3) is 10.9 Å². The minimum absolute atomic E-state index is 0.0743. The zero-order chi connectivity index (χ0) is 13.0. The van der Waals surface area contributed by atoms with Gasteiger partial charge in [0.2, 0.25) is 5.28 Å². The summed E-state index contributed by atoms with van der Waals surface area (Å²) in [6.45, 7) is 0.149. The van der Waals surface area contributed by atoms with Gasteiger partial charge < -0.3 is 4.90 Å². The van der Waals surface area contributed by atoms with Crippen LogP contribution in [0.3, 0.4) is 0 Å². The second kappa shape index (κ2) is 5.31. The molecule has 0 saturated carbocycles. The van der Waals surface area contributed by atoms with Crippen LogP contribution < -0.4 is 4.90 Å². The van der Waals surface area contributed by atoms with Crippen molar-refractivity contribution in [2.24, 2.45) is 0 Å². The monoisotopic (exact) mass is 257 g/mol. The molecule has 1 aromatic carbocycles. The van der Waals surface area contributed by atoms with Crippen molar-refractivity contribution in [3.8, 4) is 12.1 Å². The number of halogens is 1. The smallest absolute Gasteiger partial charge is 0.224 e. The van der Waals surface area contributed by atoms with Crippen molar-refractivity contribution in [2.75, 3.05) is 18.0 Å². The highest BCUT2D eigenvalue weighted by atomic mass is 35.5. The lowest BCUT2D eigenvalue weighted by molar-refractivity contribution is 0.937. The average Bonchev–Trinajstić information content (AvgIpc) is 2.37. The van der Waals surface area contributed by atoms with Crippen molar-refractivity contribution < 1.29 is 0 Å². The van der Waals surface area contributed by atoms with E-state index in [0.717, 1.165) is 5.39 Å². The summed E-state index contributed by atoms with van der Waals surface area (Å²) >= 11 is 5.85. The summed E-state index contributed by atoms with van der Waals surface area (Å²) in [7, 11) is 0. The molecule has 0 saturated heterocycles. The van der Waals surface area contributed by atoms with Gasteiger partial charge >= 0.3 is 0 Å². The number of aromatic nitrogens is 2. The van der Waals surface area contributed by atoms with Crippen LogP contribution in [-0.4, -0.2) is 23.1 Å². The molecular formula is C12H8ClN5. The van der Waals surface area contributed by atoms with Gasteiger partial charge in [0.05, 0.1) is 17.7 Å². The molecule has 1 aromatic heterocycles. The maximum atomic E-state index is 8.79. The maximum absolute atomic E-state index is 8.79. The Labute approximate surface area is 109 Å². The Morgan fingerprint density at radius 3 is 2.44 bits per heavy atom. The summed E-state index contributed by atoms with van der Waals surface area (Å²) in [6, 6.07) is 11.3. The molecule has 88 valence electrons. The molecule has 0 N–H and O–H groups in total. The van der Waals surface area contributed by atoms with Gasteiger partial charge in [-0.1, -0.05) is 12.1 Å². The van der Waals surface area contributed by atoms with Crippen LogP contribution in [0.15, 0.2) is 24.3 Å². The predicted octanol–water partition coefficient (Wildman–Crippen LogP) is 2.14. The van der Waals surface area contributed by atoms with Gasteiger partial charge in [-0.3, -0.25) is 0 Å². The number of hydrogen-bond donors (Lipinski definition) is 0. The molecule has 0 unspecified atom stereocenters. The summed E-state index contributed by atoms with van der Waals surface area (Å²) in [5.74, 6) is 0.508. The summed E-state index contributed by atoms with van der Waals surface area (Å²) in [6.07, 6.45) is 0. The molecule has 0 amide bonds. The number of nitriles is 2. The summed E-state index contributed by atoms with van der Waals surface area (Å²) < 4.78 is 0. The van der Waals surface area contributed by atoms with Crippen LogP contribution in [0.1, 0.15) is 0 Å². The Morgan fingerprint density at radius 1 is 1.11 bits per heavy atom. The van der Waals surface area contributed by atoms with Gasteiger partial charge in [0.25, 0.3) is 0 Å². The zero-order valence-corrected chi connectivity index (χ0v) is 10.1. The molecule has 18 heavy (non-hydrogen) atoms. The number of rotatable bonds is 3. The predicted molar refractivity (Wildman–Crippen MR) is 68.0 cm³/mol. The topological polar surface area (TPSA) is 76.6 Å². The molecule has 5 nitrogen and oxygen atoms in total. The van der Waals surface area contributed by atoms with Gasteiger partial charge in [-0.15, -0.1) is 0 Å². The lowest BCUT2D eigenvalue weighted by atomic mass is 10.2. The quantitative estimate of drug-likeness (QED) is 0.622. The van der Waals surface area contributed by atoms with Crippen molar-refractivity contribution in [3.63, 3.8) is 0 Å². The average molecular weight is 258 g/mol. The molecule has 0 radical (unpaired) electrons. The molecule has 0 aliphatic heterocycles. The number of anilines is 1. The fraction of sp³-hybridized carbons (Fsp3) is 0.167. The van der Waals surface area contributed by atoms with E-state index < -0.39 is 0 Å². The van der Waals surface area contributed by atoms with Crippen molar-refractivity contribution in [3.05, 3.63) is 29.5 Å². The fourth-order valence-electron chi connectivity index (χ4n) is 1.65. The standard InChI is InChI=1S/C12H8ClN5/c13-12-16-10-4-2-1-3-9(10)11(17-12)18(7-5-14)8-6-15/h1-4H,7-8H2. The largest absolute Gasteiger partial charge is 0.329 e. The molecule has 2 rings (SSSR count). The molecule has 0 spiro atoms. The molecule has 2 aromatic rings. The van der Waals surface area contributed by atoms with Crippen LogP contribution in [-0.2, 0) is 0 Å². The fourth-order valence-corrected chi connectivity index (χ4v) is 1.82. The van der Waals surface area contributed by atoms with Gasteiger partial charge in [0.1, 0.15) is 18.9 Å². The third-order valence-electron chi connectivity index (χ3n) is 2.38. The van der Waals surface area contributed by atoms with E-state index in [9.17, 15) is 0 Å². The molecule has 1 heterocycles. The normalized spacial score (nSPS) is 9.72. The third kappa shape index (κ3) is 2.32. The minimum atomic E-state index is 0.0743. The van der Waals surface area contributed by atoms with Crippen LogP contribution in [0.4, 0.5) is 5.82 Å². The van der Waals surface area contributed by atoms with Crippen LogP contribution in [0, 0.1) is 22.7 Å². The molecule has 0 fully saturated rings. The first kappa shape index (κ1) is 12.1. The number of nitrogens with zero attached hydrogens (tertiary/aromatic N) is 5. The van der Waals surface area contributed by atoms with Gasteiger partial charge in [-0.25, -0.2) is 4.98 Å². The molecular weight excluding hydrogens is 250 g/mol. The van der Waals surface area contributed by atoms with Crippen LogP contribution in [0.5, 0.6) is 0 Å². The van der Waals surface area contributed by atoms with Crippen LogP contribution >= 0.6 is 11.6 Å². The van der Waals surface area contributed by atoms with E-state index in [-0.39, 0.29) is 18.4 Å². The highest BCUT2D eigenvalue weighted by Gasteiger charge is 2.13. The molecule has 6 heteroatoms. The summed E-state index contributed by atoms with van der Waals surface area (Å²) in [5.41, 5.74) is 0.688. The second-order valence-corrected chi connectivity index (χ2v) is 3.84. The minimum Gasteiger partial charge on any atom is -0.329 e. The number of benzene rings is 1. The van der Waals surface area contributed by atoms with E-state index in [1.807, 2.05) is 36.4 Å². The first-order valence-electron chi connectivity index (χ1n) is 5.17. The molecule has 0 bridgehead atoms. The summed E-state index contributed by atoms with van der Waals surface area (Å²) in [4.78, 5) is 9.78. The van der Waals surface area contributed by atoms with Gasteiger partial charge in [0, 0.05) is 5.39 Å². The maximum Gasteiger partial charge on any atom is 0.224 e. The van der Waals surface area contributed by atoms with Gasteiger partial charge in [-0.05, 0) is 23.7 Å². The molecule has 0 atom stereocenters. The van der Waals surface area contributed by atoms with Gasteiger partial charge in [-0.2, -0.15) is 15.5 Å². The Morgan fingerprint density at radius 2 is 1.78 bits per heavy atom. The van der Waals surface area contributed by atoms with Crippen LogP contribution in [0.2, 0.25) is 5.28 Å². The van der Waals surface area contributed by atoms with Crippen molar-refractivity contribution in [2.45, 2.75) is 0 Å². The number of hydrogen-bond acceptors (Lipinski definition) is 5. The van der Waals surface area contributed by atoms with Crippen molar-refractivity contribution in [1.29, 1.82) is 10.5 Å². The number of para-hydroxylation sites is 1. The van der Waals surface area contributed by atoms with E-state index in [0.29, 0.717) is 11.3 Å². The Balaban J connectivity index is 2.61. The van der Waals surface area contributed by atoms with Gasteiger partial charge in [0.15, 0.2) is 0 Å². The third-order valence-corrected chi connectivity index (χ3v) is 2.55.